The molecule has 0 aromatic heterocycles. The Morgan fingerprint density at radius 2 is 1.13 bits per heavy atom. The van der Waals surface area contributed by atoms with Crippen LogP contribution >= 0.6 is 0 Å². The van der Waals surface area contributed by atoms with E-state index in [9.17, 15) is 38.3 Å². The van der Waals surface area contributed by atoms with E-state index >= 15 is 9.59 Å². The van der Waals surface area contributed by atoms with Crippen LogP contribution in [-0.4, -0.2) is 155 Å². The molecule has 0 bridgehead atoms. The van der Waals surface area contributed by atoms with Crippen LogP contribution in [0.4, 0.5) is 4.39 Å². The molecule has 1 aromatic carbocycles. The van der Waals surface area contributed by atoms with Gasteiger partial charge in [0.05, 0.1) is 36.6 Å². The quantitative estimate of drug-likeness (QED) is 0.0557. The van der Waals surface area contributed by atoms with Gasteiger partial charge in [0.2, 0.25) is 29.5 Å². The number of fused-ring (bicyclic) bond motifs is 1. The summed E-state index contributed by atoms with van der Waals surface area (Å²) in [5.74, 6) is -5.97. The molecule has 1 saturated heterocycles. The number of nitrogens with one attached hydrogen (secondary N) is 2. The van der Waals surface area contributed by atoms with Gasteiger partial charge in [-0.25, -0.2) is 9.18 Å². The lowest BCUT2D eigenvalue weighted by Gasteiger charge is -2.42. The summed E-state index contributed by atoms with van der Waals surface area (Å²) < 4.78 is 27.8. The van der Waals surface area contributed by atoms with Gasteiger partial charge < -0.3 is 39.9 Å². The summed E-state index contributed by atoms with van der Waals surface area (Å²) >= 11 is 0. The normalized spacial score (nSPS) is 21.9. The largest absolute Gasteiger partial charge is 0.480 e. The highest BCUT2D eigenvalue weighted by Crippen LogP contribution is 2.44. The van der Waals surface area contributed by atoms with Gasteiger partial charge in [-0.2, -0.15) is 0 Å². The molecule has 1 aromatic rings. The summed E-state index contributed by atoms with van der Waals surface area (Å²) in [5.41, 5.74) is 0.164. The first-order chi connectivity index (χ1) is 45.6. The molecule has 11 atom stereocenters. The smallest absolute Gasteiger partial charge is 0.326 e. The van der Waals surface area contributed by atoms with Crippen LogP contribution in [0.2, 0.25) is 0 Å². The lowest BCUT2D eigenvalue weighted by atomic mass is 9.88. The van der Waals surface area contributed by atoms with Crippen molar-refractivity contribution < 1.29 is 57.3 Å². The second-order valence-corrected chi connectivity index (χ2v) is 29.1. The summed E-state index contributed by atoms with van der Waals surface area (Å²) in [4.78, 5) is 117. The molecule has 1 unspecified atom stereocenters. The molecule has 540 valence electrons. The van der Waals surface area contributed by atoms with E-state index in [2.05, 4.69) is 10.6 Å². The SMILES string of the molecule is CC[C@H](C)[C@@H]([C@@H](CC(=O)N1[C@H]2CC2CCCCCCCCCCCCCCCCCCCCCCCCCCCC[C@H]1[C@H](OC)[C@@H](C)C(=O)N[C@@H](Cc1ccccc1F)C(=O)O)OC)N(C)C(=O)[C@@H](NC(=O)[C@H](C(C)C)N(C)C(=O)CCCCCN1C(=O)C=CC1=O)C(C)C. The number of unbranched alkanes of at least 4 members (excludes halogenated alkanes) is 2. The number of carbonyl (C=O) groups is 8. The van der Waals surface area contributed by atoms with Crippen molar-refractivity contribution in [3.05, 3.63) is 47.8 Å². The predicted octanol–water partition coefficient (Wildman–Crippen LogP) is 14.5. The number of imide groups is 1. The van der Waals surface area contributed by atoms with E-state index in [1.807, 2.05) is 46.4 Å². The fourth-order valence-electron chi connectivity index (χ4n) is 14.8. The lowest BCUT2D eigenvalue weighted by Crippen LogP contribution is -2.60. The van der Waals surface area contributed by atoms with Crippen molar-refractivity contribution in [1.29, 1.82) is 0 Å². The summed E-state index contributed by atoms with van der Waals surface area (Å²) in [5, 5.41) is 16.2. The van der Waals surface area contributed by atoms with Crippen LogP contribution in [0, 0.1) is 35.4 Å². The van der Waals surface area contributed by atoms with Crippen LogP contribution in [0.5, 0.6) is 0 Å². The molecule has 3 aliphatic rings. The van der Waals surface area contributed by atoms with Crippen LogP contribution in [0.1, 0.15) is 279 Å². The molecule has 1 saturated carbocycles. The molecule has 2 aliphatic heterocycles. The van der Waals surface area contributed by atoms with Crippen molar-refractivity contribution in [3.8, 4) is 0 Å². The molecule has 17 nitrogen and oxygen atoms in total. The summed E-state index contributed by atoms with van der Waals surface area (Å²) in [6.45, 7) is 13.5. The third-order valence-corrected chi connectivity index (χ3v) is 21.0. The standard InChI is InChI=1S/C77H129FN6O11/c1-12-57(6)72(82(9)76(91)70(55(2)3)80-75(90)71(56(4)5)81(8)66(85)48-40-37-43-51-83-67(86)49-50-68(83)87)65(94-10)54-69(88)84-63(73(95-11)58(7)74(89)79-62(77(92)93)52-59-44-41-42-46-61(59)78)47-39-36-34-32-30-28-26-24-22-20-18-16-14-13-15-17-19-21-23-25-27-29-31-33-35-38-45-60-53-64(60)84/h41-42,44,46,49-50,55-58,60,62-65,70-73H,12-40,43,45,47-48,51-54H2,1-11H3,(H,79,89)(H,80,90)(H,92,93)/t57-,58+,60?,62-,63-,64-,65+,70-,71-,72-,73+/m0/s1. The first kappa shape index (κ1) is 82.2. The summed E-state index contributed by atoms with van der Waals surface area (Å²) in [7, 11) is 6.42. The van der Waals surface area contributed by atoms with E-state index in [1.54, 1.807) is 46.2 Å². The number of nitrogens with zero attached hydrogens (tertiary/aromatic N) is 4. The van der Waals surface area contributed by atoms with Gasteiger partial charge in [-0.3, -0.25) is 38.5 Å². The highest BCUT2D eigenvalue weighted by atomic mass is 19.1. The molecule has 18 heteroatoms. The number of carboxylic acids is 1. The molecule has 1 aliphatic carbocycles. The van der Waals surface area contributed by atoms with Gasteiger partial charge in [0.1, 0.15) is 23.9 Å². The van der Waals surface area contributed by atoms with E-state index in [-0.39, 0.29) is 90.6 Å². The van der Waals surface area contributed by atoms with E-state index < -0.39 is 71.9 Å². The zero-order valence-electron chi connectivity index (χ0n) is 60.8. The fourth-order valence-corrected chi connectivity index (χ4v) is 14.8. The van der Waals surface area contributed by atoms with Crippen molar-refractivity contribution in [2.45, 2.75) is 328 Å². The van der Waals surface area contributed by atoms with Crippen LogP contribution in [-0.2, 0) is 54.3 Å². The van der Waals surface area contributed by atoms with Gasteiger partial charge in [0.15, 0.2) is 0 Å². The molecule has 2 heterocycles. The predicted molar refractivity (Wildman–Crippen MR) is 375 cm³/mol. The van der Waals surface area contributed by atoms with Crippen molar-refractivity contribution in [1.82, 2.24) is 30.2 Å². The van der Waals surface area contributed by atoms with E-state index in [1.165, 1.54) is 169 Å². The minimum absolute atomic E-state index is 0.101. The third-order valence-electron chi connectivity index (χ3n) is 21.0. The average Bonchev–Trinajstić information content (AvgIpc) is 1.66. The number of benzene rings is 1. The number of amides is 7. The monoisotopic (exact) mass is 1330 g/mol. The third kappa shape index (κ3) is 28.3. The van der Waals surface area contributed by atoms with Gasteiger partial charge in [-0.1, -0.05) is 246 Å². The van der Waals surface area contributed by atoms with Gasteiger partial charge in [-0.05, 0) is 67.4 Å². The summed E-state index contributed by atoms with van der Waals surface area (Å²) in [6, 6.07) is 1.23. The average molecular weight is 1330 g/mol. The maximum atomic E-state index is 16.0. The van der Waals surface area contributed by atoms with Gasteiger partial charge in [0.25, 0.3) is 11.8 Å². The minimum atomic E-state index is -1.43. The van der Waals surface area contributed by atoms with Gasteiger partial charge >= 0.3 is 5.97 Å². The Labute approximate surface area is 572 Å². The zero-order valence-corrected chi connectivity index (χ0v) is 60.8. The molecule has 4 rings (SSSR count). The highest BCUT2D eigenvalue weighted by Gasteiger charge is 2.50. The van der Waals surface area contributed by atoms with Crippen LogP contribution < -0.4 is 10.6 Å². The fraction of sp³-hybridized carbons (Fsp3) is 0.792. The Balaban J connectivity index is 1.63. The second kappa shape index (κ2) is 45.4. The molecule has 0 spiro atoms. The molecule has 2 fully saturated rings. The highest BCUT2D eigenvalue weighted by molar-refractivity contribution is 6.12. The Bertz CT molecular complexity index is 2480. The van der Waals surface area contributed by atoms with E-state index in [4.69, 9.17) is 9.47 Å². The number of halogens is 1. The van der Waals surface area contributed by atoms with Crippen molar-refractivity contribution in [3.63, 3.8) is 0 Å². The Kier molecular flexibility index (Phi) is 39.3. The molecule has 95 heavy (non-hydrogen) atoms. The van der Waals surface area contributed by atoms with Crippen molar-refractivity contribution in [2.75, 3.05) is 34.9 Å². The number of aliphatic carboxylic acids is 1. The number of likely N-dealkylation sites (N-methyl/N-ethyl adjacent to an activating group) is 2. The molecular weight excluding hydrogens is 1200 g/mol. The van der Waals surface area contributed by atoms with Crippen LogP contribution in [0.15, 0.2) is 36.4 Å². The number of carbonyl (C=O) groups excluding carboxylic acids is 7. The van der Waals surface area contributed by atoms with Crippen LogP contribution in [0.25, 0.3) is 0 Å². The molecular formula is C77H129FN6O11. The number of hydrogen-bond donors (Lipinski definition) is 3. The van der Waals surface area contributed by atoms with Gasteiger partial charge in [0, 0.05) is 65.9 Å². The Morgan fingerprint density at radius 1 is 0.632 bits per heavy atom. The maximum absolute atomic E-state index is 16.0. The Hall–Kier alpha value is -5.23. The van der Waals surface area contributed by atoms with Crippen LogP contribution in [0.3, 0.4) is 0 Å². The number of rotatable bonds is 27. The molecule has 3 N–H and O–H groups in total. The minimum Gasteiger partial charge on any atom is -0.480 e. The van der Waals surface area contributed by atoms with Crippen molar-refractivity contribution >= 4 is 47.3 Å². The number of carboxylic acid groups (broad SMARTS) is 1. The number of hydrogen-bond acceptors (Lipinski definition) is 10. The zero-order chi connectivity index (χ0) is 69.8. The first-order valence-electron chi connectivity index (χ1n) is 37.6. The Morgan fingerprint density at radius 3 is 1.58 bits per heavy atom. The van der Waals surface area contributed by atoms with Crippen molar-refractivity contribution in [2.24, 2.45) is 29.6 Å². The summed E-state index contributed by atoms with van der Waals surface area (Å²) in [6.07, 6.45) is 37.1. The molecule has 0 radical (unpaired) electrons. The first-order valence-corrected chi connectivity index (χ1v) is 37.6. The molecule has 7 amide bonds. The number of ether oxygens (including phenoxy) is 2. The second-order valence-electron chi connectivity index (χ2n) is 29.1. The van der Waals surface area contributed by atoms with E-state index in [0.717, 1.165) is 51.4 Å². The number of methoxy groups -OCH3 is 2. The van der Waals surface area contributed by atoms with E-state index in [0.29, 0.717) is 32.1 Å². The lowest BCUT2D eigenvalue weighted by molar-refractivity contribution is -0.151. The topological polar surface area (TPSA) is 212 Å². The maximum Gasteiger partial charge on any atom is 0.326 e. The van der Waals surface area contributed by atoms with Gasteiger partial charge in [-0.15, -0.1) is 0 Å².